The first kappa shape index (κ1) is 23.7. The maximum absolute atomic E-state index is 13.2. The Morgan fingerprint density at radius 2 is 1.97 bits per heavy atom. The smallest absolute Gasteiger partial charge is 0.331 e. The van der Waals surface area contributed by atoms with Crippen LogP contribution in [0.4, 0.5) is 0 Å². The molecule has 0 amide bonds. The molecule has 2 fully saturated rings. The Bertz CT molecular complexity index is 828. The number of ketones is 1. The van der Waals surface area contributed by atoms with Crippen molar-refractivity contribution in [1.29, 1.82) is 0 Å². The lowest BCUT2D eigenvalue weighted by atomic mass is 9.84. The summed E-state index contributed by atoms with van der Waals surface area (Å²) in [6, 6.07) is 0. The van der Waals surface area contributed by atoms with Crippen LogP contribution in [0, 0.1) is 35.0 Å². The van der Waals surface area contributed by atoms with Crippen LogP contribution in [-0.2, 0) is 14.3 Å². The predicted molar refractivity (Wildman–Crippen MR) is 123 cm³/mol. The van der Waals surface area contributed by atoms with Gasteiger partial charge in [-0.1, -0.05) is 64.5 Å². The summed E-state index contributed by atoms with van der Waals surface area (Å²) >= 11 is 0. The van der Waals surface area contributed by atoms with Crippen molar-refractivity contribution in [1.82, 2.24) is 0 Å². The van der Waals surface area contributed by atoms with Crippen molar-refractivity contribution in [2.75, 3.05) is 0 Å². The molecule has 0 aromatic carbocycles. The Hall–Kier alpha value is -1.94. The maximum Gasteiger partial charge on any atom is 0.331 e. The fourth-order valence-corrected chi connectivity index (χ4v) is 5.56. The number of hydrogen-bond acceptors (Lipinski definition) is 4. The summed E-state index contributed by atoms with van der Waals surface area (Å²) < 4.78 is 5.98. The van der Waals surface area contributed by atoms with Gasteiger partial charge in [0.2, 0.25) is 0 Å². The van der Waals surface area contributed by atoms with Crippen LogP contribution in [0.1, 0.15) is 60.8 Å². The van der Waals surface area contributed by atoms with E-state index in [1.807, 2.05) is 39.0 Å². The quantitative estimate of drug-likeness (QED) is 0.284. The number of esters is 1. The molecular weight excluding hydrogens is 388 g/mol. The second-order valence-corrected chi connectivity index (χ2v) is 10.3. The number of carbonyl (C=O) groups is 2. The van der Waals surface area contributed by atoms with Gasteiger partial charge in [-0.25, -0.2) is 4.79 Å². The second kappa shape index (κ2) is 9.28. The SMILES string of the molecule is CCC/C=C\C=C\C(=O)O[C@@H]1/C(C)=C/[C@H]2C(C[C@H](C)[C@H]2O)C(=O)/C(C)=C/[C@H]2[C@@H]1C2(C)C. The highest BCUT2D eigenvalue weighted by Gasteiger charge is 2.62. The van der Waals surface area contributed by atoms with Crippen LogP contribution in [-0.4, -0.2) is 29.1 Å². The minimum absolute atomic E-state index is 0.0578. The summed E-state index contributed by atoms with van der Waals surface area (Å²) in [5.74, 6) is -0.283. The van der Waals surface area contributed by atoms with E-state index in [4.69, 9.17) is 4.74 Å². The number of carbonyl (C=O) groups excluding carboxylic acids is 2. The Morgan fingerprint density at radius 3 is 2.65 bits per heavy atom. The predicted octanol–water partition coefficient (Wildman–Crippen LogP) is 5.19. The average Bonchev–Trinajstić information content (AvgIpc) is 3.12. The largest absolute Gasteiger partial charge is 0.454 e. The number of ether oxygens (including phenoxy) is 1. The molecule has 3 rings (SSSR count). The summed E-state index contributed by atoms with van der Waals surface area (Å²) in [6.45, 7) is 12.3. The van der Waals surface area contributed by atoms with Gasteiger partial charge in [-0.2, -0.15) is 0 Å². The van der Waals surface area contributed by atoms with Crippen LogP contribution in [0.15, 0.2) is 47.6 Å². The summed E-state index contributed by atoms with van der Waals surface area (Å²) in [6.07, 6.45) is 13.0. The van der Waals surface area contributed by atoms with Crippen LogP contribution < -0.4 is 0 Å². The first-order valence-electron chi connectivity index (χ1n) is 11.7. The molecule has 0 heterocycles. The van der Waals surface area contributed by atoms with E-state index in [0.717, 1.165) is 24.0 Å². The third kappa shape index (κ3) is 4.79. The van der Waals surface area contributed by atoms with Gasteiger partial charge in [0.15, 0.2) is 5.78 Å². The molecule has 3 aliphatic carbocycles. The van der Waals surface area contributed by atoms with Crippen molar-refractivity contribution < 1.29 is 19.4 Å². The number of rotatable bonds is 5. The lowest BCUT2D eigenvalue weighted by Gasteiger charge is -2.25. The molecule has 7 atom stereocenters. The highest BCUT2D eigenvalue weighted by Crippen LogP contribution is 2.63. The molecule has 4 heteroatoms. The van der Waals surface area contributed by atoms with E-state index in [1.165, 1.54) is 6.08 Å². The zero-order valence-electron chi connectivity index (χ0n) is 19.8. The lowest BCUT2D eigenvalue weighted by molar-refractivity contribution is -0.142. The standard InChI is InChI=1S/C27H38O4/c1-7-8-9-10-11-12-22(28)31-26-18(4)14-20-19(13-16(2)24(20)29)25(30)17(3)15-21-23(26)27(21,5)6/h9-12,14-16,19-21,23-24,26,29H,7-8,13H2,1-6H3/b10-9-,12-11+,17-15+,18-14+/t16-,19?,20-,21-,23-,24+,26+/m0/s1. The van der Waals surface area contributed by atoms with E-state index in [0.29, 0.717) is 6.42 Å². The molecule has 0 saturated heterocycles. The van der Waals surface area contributed by atoms with Crippen LogP contribution in [0.3, 0.4) is 0 Å². The number of fused-ring (bicyclic) bond motifs is 2. The monoisotopic (exact) mass is 426 g/mol. The third-order valence-electron chi connectivity index (χ3n) is 7.63. The van der Waals surface area contributed by atoms with Crippen molar-refractivity contribution in [3.63, 3.8) is 0 Å². The topological polar surface area (TPSA) is 63.6 Å². The van der Waals surface area contributed by atoms with Gasteiger partial charge >= 0.3 is 5.97 Å². The molecule has 3 aliphatic rings. The molecular formula is C27H38O4. The average molecular weight is 427 g/mol. The Labute approximate surface area is 187 Å². The van der Waals surface area contributed by atoms with E-state index in [1.54, 1.807) is 6.08 Å². The first-order chi connectivity index (χ1) is 14.6. The van der Waals surface area contributed by atoms with E-state index < -0.39 is 6.10 Å². The molecule has 0 aromatic rings. The number of unbranched alkanes of at least 4 members (excludes halogenated alkanes) is 1. The van der Waals surface area contributed by atoms with Crippen LogP contribution in [0.5, 0.6) is 0 Å². The molecule has 2 saturated carbocycles. The zero-order chi connectivity index (χ0) is 22.9. The van der Waals surface area contributed by atoms with Gasteiger partial charge < -0.3 is 9.84 Å². The fraction of sp³-hybridized carbons (Fsp3) is 0.630. The normalized spacial score (nSPS) is 40.6. The van der Waals surface area contributed by atoms with Crippen molar-refractivity contribution in [3.05, 3.63) is 47.6 Å². The summed E-state index contributed by atoms with van der Waals surface area (Å²) in [5, 5.41) is 10.8. The van der Waals surface area contributed by atoms with Gasteiger partial charge in [-0.3, -0.25) is 4.79 Å². The molecule has 0 spiro atoms. The number of allylic oxidation sites excluding steroid dienone is 5. The summed E-state index contributed by atoms with van der Waals surface area (Å²) in [5.41, 5.74) is 1.65. The Kier molecular flexibility index (Phi) is 7.10. The number of Topliss-reactive ketones (excluding diaryl/α,β-unsaturated/α-hetero) is 1. The minimum atomic E-state index is -0.556. The Balaban J connectivity index is 1.91. The molecule has 0 aliphatic heterocycles. The van der Waals surface area contributed by atoms with E-state index in [9.17, 15) is 14.7 Å². The zero-order valence-corrected chi connectivity index (χ0v) is 19.8. The van der Waals surface area contributed by atoms with Gasteiger partial charge in [-0.15, -0.1) is 0 Å². The van der Waals surface area contributed by atoms with Crippen molar-refractivity contribution in [2.24, 2.45) is 35.0 Å². The van der Waals surface area contributed by atoms with Crippen molar-refractivity contribution in [2.45, 2.75) is 73.0 Å². The van der Waals surface area contributed by atoms with Gasteiger partial charge in [0.1, 0.15) is 6.10 Å². The molecule has 1 unspecified atom stereocenters. The highest BCUT2D eigenvalue weighted by molar-refractivity contribution is 5.97. The number of hydrogen-bond donors (Lipinski definition) is 1. The van der Waals surface area contributed by atoms with Crippen LogP contribution >= 0.6 is 0 Å². The minimum Gasteiger partial charge on any atom is -0.454 e. The van der Waals surface area contributed by atoms with Crippen LogP contribution in [0.2, 0.25) is 0 Å². The fourth-order valence-electron chi connectivity index (χ4n) is 5.56. The van der Waals surface area contributed by atoms with E-state index in [-0.39, 0.29) is 52.9 Å². The maximum atomic E-state index is 13.2. The van der Waals surface area contributed by atoms with Crippen LogP contribution in [0.25, 0.3) is 0 Å². The van der Waals surface area contributed by atoms with Gasteiger partial charge in [0.05, 0.1) is 6.10 Å². The summed E-state index contributed by atoms with van der Waals surface area (Å²) in [7, 11) is 0. The van der Waals surface area contributed by atoms with E-state index in [2.05, 4.69) is 26.8 Å². The second-order valence-electron chi connectivity index (χ2n) is 10.3. The molecule has 1 N–H and O–H groups in total. The number of aliphatic hydroxyl groups excluding tert-OH is 1. The van der Waals surface area contributed by atoms with Crippen molar-refractivity contribution >= 4 is 11.8 Å². The molecule has 0 radical (unpaired) electrons. The van der Waals surface area contributed by atoms with Gasteiger partial charge in [-0.05, 0) is 55.1 Å². The molecule has 170 valence electrons. The molecule has 0 aromatic heterocycles. The number of aliphatic hydroxyl groups is 1. The lowest BCUT2D eigenvalue weighted by Crippen LogP contribution is -2.29. The summed E-state index contributed by atoms with van der Waals surface area (Å²) in [4.78, 5) is 25.7. The van der Waals surface area contributed by atoms with Crippen molar-refractivity contribution in [3.8, 4) is 0 Å². The van der Waals surface area contributed by atoms with Gasteiger partial charge in [0, 0.05) is 23.8 Å². The first-order valence-corrected chi connectivity index (χ1v) is 11.7. The van der Waals surface area contributed by atoms with E-state index >= 15 is 0 Å². The van der Waals surface area contributed by atoms with Gasteiger partial charge in [0.25, 0.3) is 0 Å². The Morgan fingerprint density at radius 1 is 1.26 bits per heavy atom. The molecule has 31 heavy (non-hydrogen) atoms. The highest BCUT2D eigenvalue weighted by atomic mass is 16.5. The molecule has 0 bridgehead atoms. The third-order valence-corrected chi connectivity index (χ3v) is 7.63. The molecule has 4 nitrogen and oxygen atoms in total.